The molecule has 0 saturated carbocycles. The van der Waals surface area contributed by atoms with E-state index in [-0.39, 0.29) is 30.9 Å². The summed E-state index contributed by atoms with van der Waals surface area (Å²) in [5.41, 5.74) is 2.18. The lowest BCUT2D eigenvalue weighted by Crippen LogP contribution is -2.47. The van der Waals surface area contributed by atoms with Crippen molar-refractivity contribution in [3.63, 3.8) is 0 Å². The zero-order valence-corrected chi connectivity index (χ0v) is 14.2. The van der Waals surface area contributed by atoms with E-state index in [0.717, 1.165) is 16.9 Å². The number of likely N-dealkylation sites (tertiary alicyclic amines) is 1. The van der Waals surface area contributed by atoms with Gasteiger partial charge in [0, 0.05) is 19.1 Å². The minimum absolute atomic E-state index is 0.0236. The van der Waals surface area contributed by atoms with Crippen molar-refractivity contribution in [2.75, 3.05) is 19.7 Å². The van der Waals surface area contributed by atoms with Crippen molar-refractivity contribution in [2.45, 2.75) is 39.2 Å². The Balaban J connectivity index is 1.78. The molecule has 6 heteroatoms. The second-order valence-corrected chi connectivity index (χ2v) is 6.04. The molecule has 2 amide bonds. The third-order valence-electron chi connectivity index (χ3n) is 4.36. The predicted molar refractivity (Wildman–Crippen MR) is 89.4 cm³/mol. The first-order valence-electron chi connectivity index (χ1n) is 8.14. The molecule has 128 valence electrons. The summed E-state index contributed by atoms with van der Waals surface area (Å²) in [4.78, 5) is 25.4. The summed E-state index contributed by atoms with van der Waals surface area (Å²) in [6, 6.07) is 7.66. The summed E-state index contributed by atoms with van der Waals surface area (Å²) in [6.07, 6.45) is 1.28. The van der Waals surface area contributed by atoms with Gasteiger partial charge in [0.1, 0.15) is 12.2 Å². The number of nitrogens with zero attached hydrogens (tertiary/aromatic N) is 2. The number of hydrogen-bond acceptors (Lipinski definition) is 4. The molecule has 1 aliphatic heterocycles. The molecule has 0 atom stereocenters. The van der Waals surface area contributed by atoms with Crippen molar-refractivity contribution in [3.05, 3.63) is 29.3 Å². The Labute approximate surface area is 142 Å². The normalized spacial score (nSPS) is 14.8. The first kappa shape index (κ1) is 17.8. The van der Waals surface area contributed by atoms with Crippen LogP contribution in [0.25, 0.3) is 0 Å². The molecule has 1 N–H and O–H groups in total. The number of piperidine rings is 1. The summed E-state index contributed by atoms with van der Waals surface area (Å²) in [5, 5.41) is 11.3. The standard InChI is InChI=1S/C18H23N3O3/c1-13-4-3-5-16(14(13)2)24-12-18(23)21-10-7-15(8-11-21)20-17(22)6-9-19/h3-5,15H,6-8,10-12H2,1-2H3,(H,20,22). The third-order valence-corrected chi connectivity index (χ3v) is 4.36. The zero-order chi connectivity index (χ0) is 17.5. The van der Waals surface area contributed by atoms with Crippen LogP contribution in [0.5, 0.6) is 5.75 Å². The number of nitrogens with one attached hydrogen (secondary N) is 1. The van der Waals surface area contributed by atoms with E-state index >= 15 is 0 Å². The van der Waals surface area contributed by atoms with Crippen LogP contribution in [0.2, 0.25) is 0 Å². The number of carbonyl (C=O) groups excluding carboxylic acids is 2. The fraction of sp³-hybridized carbons (Fsp3) is 0.500. The average molecular weight is 329 g/mol. The molecule has 0 aromatic heterocycles. The highest BCUT2D eigenvalue weighted by molar-refractivity contribution is 5.79. The summed E-state index contributed by atoms with van der Waals surface area (Å²) < 4.78 is 5.66. The molecule has 1 saturated heterocycles. The van der Waals surface area contributed by atoms with E-state index in [1.165, 1.54) is 0 Å². The van der Waals surface area contributed by atoms with E-state index < -0.39 is 0 Å². The van der Waals surface area contributed by atoms with Crippen molar-refractivity contribution in [2.24, 2.45) is 0 Å². The van der Waals surface area contributed by atoms with Gasteiger partial charge in [-0.05, 0) is 43.9 Å². The number of ether oxygens (including phenoxy) is 1. The van der Waals surface area contributed by atoms with Crippen LogP contribution in [0.4, 0.5) is 0 Å². The molecular weight excluding hydrogens is 306 g/mol. The minimum atomic E-state index is -0.250. The van der Waals surface area contributed by atoms with Crippen LogP contribution in [0, 0.1) is 25.2 Å². The van der Waals surface area contributed by atoms with Crippen molar-refractivity contribution in [3.8, 4) is 11.8 Å². The Bertz CT molecular complexity index is 643. The van der Waals surface area contributed by atoms with Gasteiger partial charge in [-0.3, -0.25) is 9.59 Å². The van der Waals surface area contributed by atoms with E-state index in [1.54, 1.807) is 4.90 Å². The summed E-state index contributed by atoms with van der Waals surface area (Å²) in [6.45, 7) is 5.19. The van der Waals surface area contributed by atoms with Gasteiger partial charge in [0.2, 0.25) is 5.91 Å². The molecule has 6 nitrogen and oxygen atoms in total. The lowest BCUT2D eigenvalue weighted by Gasteiger charge is -2.32. The van der Waals surface area contributed by atoms with Crippen LogP contribution in [-0.4, -0.2) is 42.5 Å². The van der Waals surface area contributed by atoms with Crippen molar-refractivity contribution in [1.82, 2.24) is 10.2 Å². The van der Waals surface area contributed by atoms with Crippen LogP contribution in [0.1, 0.15) is 30.4 Å². The van der Waals surface area contributed by atoms with Crippen LogP contribution in [-0.2, 0) is 9.59 Å². The molecule has 1 aromatic rings. The van der Waals surface area contributed by atoms with Gasteiger partial charge in [0.15, 0.2) is 6.61 Å². The van der Waals surface area contributed by atoms with E-state index in [9.17, 15) is 9.59 Å². The Kier molecular flexibility index (Phi) is 6.19. The molecule has 2 rings (SSSR count). The van der Waals surface area contributed by atoms with Gasteiger partial charge in [-0.1, -0.05) is 12.1 Å². The van der Waals surface area contributed by atoms with Gasteiger partial charge >= 0.3 is 0 Å². The maximum atomic E-state index is 12.3. The van der Waals surface area contributed by atoms with Crippen LogP contribution >= 0.6 is 0 Å². The molecule has 0 radical (unpaired) electrons. The Morgan fingerprint density at radius 3 is 2.71 bits per heavy atom. The van der Waals surface area contributed by atoms with Crippen molar-refractivity contribution in [1.29, 1.82) is 5.26 Å². The fourth-order valence-corrected chi connectivity index (χ4v) is 2.74. The number of carbonyl (C=O) groups is 2. The number of aryl methyl sites for hydroxylation is 1. The first-order chi connectivity index (χ1) is 11.5. The predicted octanol–water partition coefficient (Wildman–Crippen LogP) is 1.70. The van der Waals surface area contributed by atoms with Gasteiger partial charge in [-0.15, -0.1) is 0 Å². The maximum absolute atomic E-state index is 12.3. The lowest BCUT2D eigenvalue weighted by molar-refractivity contribution is -0.134. The van der Waals surface area contributed by atoms with Gasteiger partial charge in [-0.25, -0.2) is 0 Å². The molecule has 0 unspecified atom stereocenters. The van der Waals surface area contributed by atoms with Gasteiger partial charge in [-0.2, -0.15) is 5.26 Å². The largest absolute Gasteiger partial charge is 0.483 e. The number of nitriles is 1. The lowest BCUT2D eigenvalue weighted by atomic mass is 10.0. The smallest absolute Gasteiger partial charge is 0.260 e. The highest BCUT2D eigenvalue weighted by Crippen LogP contribution is 2.20. The molecule has 1 aliphatic rings. The summed E-state index contributed by atoms with van der Waals surface area (Å²) in [5.74, 6) is 0.445. The molecule has 0 aliphatic carbocycles. The monoisotopic (exact) mass is 329 g/mol. The second-order valence-electron chi connectivity index (χ2n) is 6.04. The highest BCUT2D eigenvalue weighted by atomic mass is 16.5. The maximum Gasteiger partial charge on any atom is 0.260 e. The number of hydrogen-bond donors (Lipinski definition) is 1. The van der Waals surface area contributed by atoms with Crippen LogP contribution < -0.4 is 10.1 Å². The van der Waals surface area contributed by atoms with Crippen LogP contribution in [0.3, 0.4) is 0 Å². The van der Waals surface area contributed by atoms with E-state index in [0.29, 0.717) is 25.9 Å². The fourth-order valence-electron chi connectivity index (χ4n) is 2.74. The first-order valence-corrected chi connectivity index (χ1v) is 8.14. The molecule has 0 bridgehead atoms. The molecule has 1 fully saturated rings. The minimum Gasteiger partial charge on any atom is -0.483 e. The Hall–Kier alpha value is -2.55. The van der Waals surface area contributed by atoms with E-state index in [4.69, 9.17) is 10.00 Å². The summed E-state index contributed by atoms with van der Waals surface area (Å²) >= 11 is 0. The third kappa shape index (κ3) is 4.72. The number of amides is 2. The highest BCUT2D eigenvalue weighted by Gasteiger charge is 2.24. The molecule has 1 aromatic carbocycles. The van der Waals surface area contributed by atoms with Crippen LogP contribution in [0.15, 0.2) is 18.2 Å². The Morgan fingerprint density at radius 1 is 1.33 bits per heavy atom. The molecule has 24 heavy (non-hydrogen) atoms. The second kappa shape index (κ2) is 8.34. The van der Waals surface area contributed by atoms with Gasteiger partial charge in [0.25, 0.3) is 5.91 Å². The SMILES string of the molecule is Cc1cccc(OCC(=O)N2CCC(NC(=O)CC#N)CC2)c1C. The van der Waals surface area contributed by atoms with E-state index in [2.05, 4.69) is 5.32 Å². The van der Waals surface area contributed by atoms with E-state index in [1.807, 2.05) is 38.1 Å². The topological polar surface area (TPSA) is 82.4 Å². The molecule has 1 heterocycles. The Morgan fingerprint density at radius 2 is 2.04 bits per heavy atom. The number of rotatable bonds is 5. The van der Waals surface area contributed by atoms with Gasteiger partial charge in [0.05, 0.1) is 6.07 Å². The molecular formula is C18H23N3O3. The summed E-state index contributed by atoms with van der Waals surface area (Å²) in [7, 11) is 0. The average Bonchev–Trinajstić information content (AvgIpc) is 2.57. The number of benzene rings is 1. The molecule has 0 spiro atoms. The zero-order valence-electron chi connectivity index (χ0n) is 14.2. The van der Waals surface area contributed by atoms with Crippen molar-refractivity contribution >= 4 is 11.8 Å². The quantitative estimate of drug-likeness (QED) is 0.891. The van der Waals surface area contributed by atoms with Crippen molar-refractivity contribution < 1.29 is 14.3 Å². The van der Waals surface area contributed by atoms with Gasteiger partial charge < -0.3 is 15.0 Å².